The van der Waals surface area contributed by atoms with Gasteiger partial charge in [0.1, 0.15) is 22.6 Å². The van der Waals surface area contributed by atoms with Gasteiger partial charge in [-0.2, -0.15) is 0 Å². The molecule has 0 spiro atoms. The van der Waals surface area contributed by atoms with Crippen LogP contribution in [0.15, 0.2) is 36.4 Å². The number of aromatic hydroxyl groups is 2. The van der Waals surface area contributed by atoms with Crippen molar-refractivity contribution in [3.05, 3.63) is 69.8 Å². The zero-order valence-corrected chi connectivity index (χ0v) is 17.1. The average Bonchev–Trinajstić information content (AvgIpc) is 2.68. The highest BCUT2D eigenvalue weighted by molar-refractivity contribution is 5.95. The molecule has 3 rings (SSSR count). The molecule has 6 nitrogen and oxygen atoms in total. The summed E-state index contributed by atoms with van der Waals surface area (Å²) >= 11 is 0. The summed E-state index contributed by atoms with van der Waals surface area (Å²) in [6, 6.07) is 9.01. The van der Waals surface area contributed by atoms with Gasteiger partial charge in [0.25, 0.3) is 0 Å². The molecule has 0 saturated carbocycles. The molecule has 0 saturated heterocycles. The predicted molar refractivity (Wildman–Crippen MR) is 114 cm³/mol. The van der Waals surface area contributed by atoms with E-state index in [1.54, 1.807) is 12.1 Å². The maximum Gasteiger partial charge on any atom is 0.339 e. The number of hydrogen-bond acceptors (Lipinski definition) is 4. The molecule has 0 unspecified atom stereocenters. The standard InChI is InChI=1S/C24H22O6/c1-11-12(2)22(16-6-8-20(26)18(10-16)24(29)30)14(4)13(3)21(11)15-5-7-19(25)17(9-15)23(27)28/h5-10,25-26H,1-4H3,(H,27,28)(H,29,30). The van der Waals surface area contributed by atoms with Gasteiger partial charge in [0.15, 0.2) is 0 Å². The summed E-state index contributed by atoms with van der Waals surface area (Å²) in [4.78, 5) is 22.9. The Morgan fingerprint density at radius 1 is 0.600 bits per heavy atom. The van der Waals surface area contributed by atoms with Gasteiger partial charge in [-0.3, -0.25) is 0 Å². The summed E-state index contributed by atoms with van der Waals surface area (Å²) in [6.45, 7) is 7.69. The zero-order chi connectivity index (χ0) is 22.3. The first-order chi connectivity index (χ1) is 14.0. The van der Waals surface area contributed by atoms with E-state index in [0.717, 1.165) is 33.4 Å². The quantitative estimate of drug-likeness (QED) is 0.481. The highest BCUT2D eigenvalue weighted by Gasteiger charge is 2.20. The van der Waals surface area contributed by atoms with Gasteiger partial charge in [0.2, 0.25) is 0 Å². The lowest BCUT2D eigenvalue weighted by Crippen LogP contribution is -2.03. The fraction of sp³-hybridized carbons (Fsp3) is 0.167. The summed E-state index contributed by atoms with van der Waals surface area (Å²) in [5, 5.41) is 38.4. The molecular weight excluding hydrogens is 384 g/mol. The van der Waals surface area contributed by atoms with Gasteiger partial charge >= 0.3 is 11.9 Å². The van der Waals surface area contributed by atoms with Crippen molar-refractivity contribution in [3.63, 3.8) is 0 Å². The van der Waals surface area contributed by atoms with Crippen molar-refractivity contribution in [1.29, 1.82) is 0 Å². The molecular formula is C24H22O6. The molecule has 30 heavy (non-hydrogen) atoms. The molecule has 0 aliphatic heterocycles. The SMILES string of the molecule is Cc1c(C)c(-c2ccc(O)c(C(=O)O)c2)c(C)c(C)c1-c1ccc(O)c(C(=O)O)c1. The molecule has 0 amide bonds. The molecule has 0 atom stereocenters. The minimum atomic E-state index is -1.21. The first-order valence-electron chi connectivity index (χ1n) is 9.28. The van der Waals surface area contributed by atoms with E-state index in [1.807, 2.05) is 27.7 Å². The summed E-state index contributed by atoms with van der Waals surface area (Å²) < 4.78 is 0. The first-order valence-corrected chi connectivity index (χ1v) is 9.28. The first kappa shape index (κ1) is 20.9. The van der Waals surface area contributed by atoms with Crippen LogP contribution in [-0.2, 0) is 0 Å². The van der Waals surface area contributed by atoms with E-state index < -0.39 is 11.9 Å². The molecule has 0 aliphatic rings. The number of carbonyl (C=O) groups is 2. The van der Waals surface area contributed by atoms with E-state index in [-0.39, 0.29) is 22.6 Å². The van der Waals surface area contributed by atoms with Crippen LogP contribution in [0.5, 0.6) is 11.5 Å². The van der Waals surface area contributed by atoms with E-state index in [0.29, 0.717) is 11.1 Å². The van der Waals surface area contributed by atoms with E-state index >= 15 is 0 Å². The highest BCUT2D eigenvalue weighted by atomic mass is 16.4. The molecule has 4 N–H and O–H groups in total. The third-order valence-electron chi connectivity index (χ3n) is 5.66. The van der Waals surface area contributed by atoms with Crippen molar-refractivity contribution < 1.29 is 30.0 Å². The average molecular weight is 406 g/mol. The second kappa shape index (κ2) is 7.55. The zero-order valence-electron chi connectivity index (χ0n) is 17.1. The summed E-state index contributed by atoms with van der Waals surface area (Å²) in [6.07, 6.45) is 0. The van der Waals surface area contributed by atoms with E-state index in [4.69, 9.17) is 0 Å². The number of phenols is 2. The lowest BCUT2D eigenvalue weighted by Gasteiger charge is -2.22. The van der Waals surface area contributed by atoms with Crippen molar-refractivity contribution in [1.82, 2.24) is 0 Å². The third-order valence-corrected chi connectivity index (χ3v) is 5.66. The van der Waals surface area contributed by atoms with Crippen LogP contribution in [0.1, 0.15) is 43.0 Å². The lowest BCUT2D eigenvalue weighted by atomic mass is 9.83. The second-order valence-corrected chi connectivity index (χ2v) is 7.32. The van der Waals surface area contributed by atoms with E-state index in [1.165, 1.54) is 24.3 Å². The van der Waals surface area contributed by atoms with Crippen molar-refractivity contribution in [2.45, 2.75) is 27.7 Å². The molecule has 0 heterocycles. The van der Waals surface area contributed by atoms with Gasteiger partial charge in [0.05, 0.1) is 0 Å². The molecule has 154 valence electrons. The van der Waals surface area contributed by atoms with Gasteiger partial charge in [-0.15, -0.1) is 0 Å². The van der Waals surface area contributed by atoms with Gasteiger partial charge in [-0.25, -0.2) is 9.59 Å². The van der Waals surface area contributed by atoms with Gasteiger partial charge in [0, 0.05) is 0 Å². The summed E-state index contributed by atoms with van der Waals surface area (Å²) in [5.74, 6) is -3.01. The number of aromatic carboxylic acids is 2. The lowest BCUT2D eigenvalue weighted by molar-refractivity contribution is 0.0682. The molecule has 3 aromatic carbocycles. The van der Waals surface area contributed by atoms with Crippen LogP contribution in [0.3, 0.4) is 0 Å². The van der Waals surface area contributed by atoms with Crippen LogP contribution < -0.4 is 0 Å². The Morgan fingerprint density at radius 2 is 0.900 bits per heavy atom. The van der Waals surface area contributed by atoms with Crippen molar-refractivity contribution in [2.24, 2.45) is 0 Å². The predicted octanol–water partition coefficient (Wildman–Crippen LogP) is 5.06. The topological polar surface area (TPSA) is 115 Å². The maximum atomic E-state index is 11.4. The number of rotatable bonds is 4. The smallest absolute Gasteiger partial charge is 0.339 e. The van der Waals surface area contributed by atoms with Gasteiger partial charge < -0.3 is 20.4 Å². The molecule has 0 bridgehead atoms. The Kier molecular flexibility index (Phi) is 5.27. The van der Waals surface area contributed by atoms with Crippen LogP contribution in [0, 0.1) is 27.7 Å². The molecule has 0 radical (unpaired) electrons. The Balaban J connectivity index is 2.29. The monoisotopic (exact) mass is 406 g/mol. The van der Waals surface area contributed by atoms with Crippen LogP contribution in [-0.4, -0.2) is 32.4 Å². The van der Waals surface area contributed by atoms with E-state index in [2.05, 4.69) is 0 Å². The van der Waals surface area contributed by atoms with Gasteiger partial charge in [-0.05, 0) is 96.5 Å². The van der Waals surface area contributed by atoms with Crippen molar-refractivity contribution >= 4 is 11.9 Å². The minimum absolute atomic E-state index is 0.171. The maximum absolute atomic E-state index is 11.4. The second-order valence-electron chi connectivity index (χ2n) is 7.32. The molecule has 0 fully saturated rings. The van der Waals surface area contributed by atoms with Crippen molar-refractivity contribution in [2.75, 3.05) is 0 Å². The molecule has 6 heteroatoms. The highest BCUT2D eigenvalue weighted by Crippen LogP contribution is 2.40. The molecule has 3 aromatic rings. The number of benzene rings is 3. The van der Waals surface area contributed by atoms with Crippen LogP contribution in [0.2, 0.25) is 0 Å². The fourth-order valence-electron chi connectivity index (χ4n) is 3.90. The van der Waals surface area contributed by atoms with Crippen LogP contribution in [0.4, 0.5) is 0 Å². The van der Waals surface area contributed by atoms with E-state index in [9.17, 15) is 30.0 Å². The Bertz CT molecular complexity index is 1080. The molecule has 0 aliphatic carbocycles. The van der Waals surface area contributed by atoms with Crippen LogP contribution >= 0.6 is 0 Å². The largest absolute Gasteiger partial charge is 0.507 e. The fourth-order valence-corrected chi connectivity index (χ4v) is 3.90. The third kappa shape index (κ3) is 3.37. The summed E-state index contributed by atoms with van der Waals surface area (Å²) in [5.41, 5.74) is 6.41. The number of carboxylic acid groups (broad SMARTS) is 2. The van der Waals surface area contributed by atoms with Crippen LogP contribution in [0.25, 0.3) is 22.3 Å². The van der Waals surface area contributed by atoms with Crippen molar-refractivity contribution in [3.8, 4) is 33.8 Å². The Labute approximate surface area is 173 Å². The Hall–Kier alpha value is -3.80. The summed E-state index contributed by atoms with van der Waals surface area (Å²) in [7, 11) is 0. The normalized spacial score (nSPS) is 10.8. The van der Waals surface area contributed by atoms with Gasteiger partial charge in [-0.1, -0.05) is 12.1 Å². The minimum Gasteiger partial charge on any atom is -0.507 e. The number of hydrogen-bond donors (Lipinski definition) is 4. The number of carboxylic acids is 2. The molecule has 0 aromatic heterocycles. The Morgan fingerprint density at radius 3 is 1.17 bits per heavy atom.